The maximum absolute atomic E-state index is 11.5. The van der Waals surface area contributed by atoms with Crippen molar-refractivity contribution in [3.05, 3.63) is 102 Å². The zero-order chi connectivity index (χ0) is 23.3. The minimum atomic E-state index is -0.518. The van der Waals surface area contributed by atoms with E-state index in [9.17, 15) is 5.11 Å². The van der Waals surface area contributed by atoms with Gasteiger partial charge in [-0.05, 0) is 42.4 Å². The number of aliphatic hydroxyl groups is 1. The Labute approximate surface area is 201 Å². The van der Waals surface area contributed by atoms with Crippen LogP contribution < -0.4 is 4.74 Å². The molecule has 2 atom stereocenters. The molecule has 0 radical (unpaired) electrons. The lowest BCUT2D eigenvalue weighted by atomic mass is 10.00. The Morgan fingerprint density at radius 2 is 1.56 bits per heavy atom. The highest BCUT2D eigenvalue weighted by molar-refractivity contribution is 5.82. The molecule has 34 heavy (non-hydrogen) atoms. The van der Waals surface area contributed by atoms with Crippen LogP contribution in [0.15, 0.2) is 91.1 Å². The third kappa shape index (κ3) is 5.17. The van der Waals surface area contributed by atoms with E-state index in [4.69, 9.17) is 4.74 Å². The molecule has 2 unspecified atom stereocenters. The Morgan fingerprint density at radius 1 is 0.853 bits per heavy atom. The fourth-order valence-corrected chi connectivity index (χ4v) is 4.83. The summed E-state index contributed by atoms with van der Waals surface area (Å²) in [6.45, 7) is 5.27. The SMILES string of the molecule is CN1CCN(CC(O)C(c2ccccc2)n2ccc3cc(OCc4ccccc4)ccc32)CC1. The molecular formula is C29H33N3O2. The average molecular weight is 456 g/mol. The average Bonchev–Trinajstić information content (AvgIpc) is 3.28. The molecule has 0 bridgehead atoms. The Hall–Kier alpha value is -3.12. The van der Waals surface area contributed by atoms with Crippen molar-refractivity contribution in [2.45, 2.75) is 18.8 Å². The van der Waals surface area contributed by atoms with E-state index >= 15 is 0 Å². The molecule has 2 heterocycles. The highest BCUT2D eigenvalue weighted by Gasteiger charge is 2.27. The van der Waals surface area contributed by atoms with E-state index in [0.717, 1.165) is 54.0 Å². The molecule has 1 N–H and O–H groups in total. The number of aliphatic hydroxyl groups excluding tert-OH is 1. The van der Waals surface area contributed by atoms with Crippen molar-refractivity contribution < 1.29 is 9.84 Å². The van der Waals surface area contributed by atoms with E-state index in [0.29, 0.717) is 13.2 Å². The molecule has 1 aliphatic rings. The van der Waals surface area contributed by atoms with Crippen LogP contribution in [0.4, 0.5) is 0 Å². The van der Waals surface area contributed by atoms with Crippen LogP contribution in [0, 0.1) is 0 Å². The molecule has 0 saturated carbocycles. The molecule has 1 aliphatic heterocycles. The van der Waals surface area contributed by atoms with Gasteiger partial charge in [0.2, 0.25) is 0 Å². The number of piperazine rings is 1. The van der Waals surface area contributed by atoms with Crippen molar-refractivity contribution in [1.82, 2.24) is 14.4 Å². The summed E-state index contributed by atoms with van der Waals surface area (Å²) in [6, 6.07) is 28.7. The second kappa shape index (κ2) is 10.4. The maximum atomic E-state index is 11.5. The first-order chi connectivity index (χ1) is 16.7. The molecule has 5 nitrogen and oxygen atoms in total. The molecule has 5 rings (SSSR count). The number of likely N-dealkylation sites (N-methyl/N-ethyl adjacent to an activating group) is 1. The molecule has 0 aliphatic carbocycles. The number of hydrogen-bond acceptors (Lipinski definition) is 4. The largest absolute Gasteiger partial charge is 0.489 e. The predicted octanol–water partition coefficient (Wildman–Crippen LogP) is 4.42. The van der Waals surface area contributed by atoms with E-state index in [2.05, 4.69) is 70.1 Å². The van der Waals surface area contributed by atoms with E-state index in [1.807, 2.05) is 42.5 Å². The summed E-state index contributed by atoms with van der Waals surface area (Å²) in [6.07, 6.45) is 1.58. The van der Waals surface area contributed by atoms with E-state index in [-0.39, 0.29) is 6.04 Å². The van der Waals surface area contributed by atoms with Gasteiger partial charge in [0.05, 0.1) is 12.1 Å². The molecule has 1 saturated heterocycles. The van der Waals surface area contributed by atoms with Crippen LogP contribution in [-0.4, -0.2) is 65.3 Å². The molecule has 1 fully saturated rings. The summed E-state index contributed by atoms with van der Waals surface area (Å²) >= 11 is 0. The number of aromatic nitrogens is 1. The van der Waals surface area contributed by atoms with Crippen molar-refractivity contribution in [2.24, 2.45) is 0 Å². The van der Waals surface area contributed by atoms with Gasteiger partial charge in [-0.3, -0.25) is 4.90 Å². The van der Waals surface area contributed by atoms with Gasteiger partial charge in [-0.15, -0.1) is 0 Å². The number of rotatable bonds is 8. The van der Waals surface area contributed by atoms with Crippen molar-refractivity contribution in [2.75, 3.05) is 39.8 Å². The van der Waals surface area contributed by atoms with Gasteiger partial charge in [0.25, 0.3) is 0 Å². The lowest BCUT2D eigenvalue weighted by Gasteiger charge is -2.36. The van der Waals surface area contributed by atoms with Crippen molar-refractivity contribution in [3.8, 4) is 5.75 Å². The standard InChI is InChI=1S/C29H33N3O2/c1-30-16-18-31(19-17-30)21-28(33)29(24-10-6-3-7-11-24)32-15-14-25-20-26(12-13-27(25)32)34-22-23-8-4-2-5-9-23/h2-15,20,28-29,33H,16-19,21-22H2,1H3. The zero-order valence-corrected chi connectivity index (χ0v) is 19.8. The minimum Gasteiger partial charge on any atom is -0.489 e. The fraction of sp³-hybridized carbons (Fsp3) is 0.310. The number of hydrogen-bond donors (Lipinski definition) is 1. The molecule has 0 amide bonds. The number of nitrogens with zero attached hydrogens (tertiary/aromatic N) is 3. The first kappa shape index (κ1) is 22.7. The summed E-state index contributed by atoms with van der Waals surface area (Å²) in [7, 11) is 2.16. The van der Waals surface area contributed by atoms with Crippen LogP contribution in [-0.2, 0) is 6.61 Å². The van der Waals surface area contributed by atoms with Crippen LogP contribution in [0.2, 0.25) is 0 Å². The molecule has 3 aromatic carbocycles. The summed E-state index contributed by atoms with van der Waals surface area (Å²) < 4.78 is 8.26. The number of benzene rings is 3. The first-order valence-electron chi connectivity index (χ1n) is 12.1. The highest BCUT2D eigenvalue weighted by Crippen LogP contribution is 2.30. The number of fused-ring (bicyclic) bond motifs is 1. The molecule has 176 valence electrons. The molecule has 5 heteroatoms. The molecular weight excluding hydrogens is 422 g/mol. The summed E-state index contributed by atoms with van der Waals surface area (Å²) in [5, 5.41) is 12.6. The normalized spacial score (nSPS) is 17.0. The van der Waals surface area contributed by atoms with Crippen molar-refractivity contribution >= 4 is 10.9 Å². The van der Waals surface area contributed by atoms with E-state index < -0.39 is 6.10 Å². The van der Waals surface area contributed by atoms with Gasteiger partial charge in [-0.2, -0.15) is 0 Å². The Kier molecular flexibility index (Phi) is 6.95. The van der Waals surface area contributed by atoms with E-state index in [1.165, 1.54) is 0 Å². The lowest BCUT2D eigenvalue weighted by Crippen LogP contribution is -2.48. The smallest absolute Gasteiger partial charge is 0.120 e. The van der Waals surface area contributed by atoms with Crippen LogP contribution in [0.1, 0.15) is 17.2 Å². The van der Waals surface area contributed by atoms with E-state index in [1.54, 1.807) is 0 Å². The number of β-amino-alcohol motifs (C(OH)–C–C–N with tert-alkyl or cyclic N) is 1. The van der Waals surface area contributed by atoms with Crippen LogP contribution >= 0.6 is 0 Å². The van der Waals surface area contributed by atoms with Crippen LogP contribution in [0.5, 0.6) is 5.75 Å². The van der Waals surface area contributed by atoms with Gasteiger partial charge in [-0.25, -0.2) is 0 Å². The summed E-state index contributed by atoms with van der Waals surface area (Å²) in [5.74, 6) is 0.850. The van der Waals surface area contributed by atoms with Gasteiger partial charge in [-0.1, -0.05) is 60.7 Å². The Balaban J connectivity index is 1.39. The maximum Gasteiger partial charge on any atom is 0.120 e. The van der Waals surface area contributed by atoms with Gasteiger partial charge >= 0.3 is 0 Å². The van der Waals surface area contributed by atoms with Crippen molar-refractivity contribution in [1.29, 1.82) is 0 Å². The summed E-state index contributed by atoms with van der Waals surface area (Å²) in [5.41, 5.74) is 3.36. The lowest BCUT2D eigenvalue weighted by molar-refractivity contribution is 0.0594. The van der Waals surface area contributed by atoms with Crippen LogP contribution in [0.25, 0.3) is 10.9 Å². The minimum absolute atomic E-state index is 0.158. The molecule has 1 aromatic heterocycles. The van der Waals surface area contributed by atoms with Gasteiger partial charge in [0, 0.05) is 49.8 Å². The van der Waals surface area contributed by atoms with Gasteiger partial charge < -0.3 is 19.3 Å². The van der Waals surface area contributed by atoms with Gasteiger partial charge in [0.1, 0.15) is 12.4 Å². The van der Waals surface area contributed by atoms with Crippen LogP contribution in [0.3, 0.4) is 0 Å². The Bertz CT molecular complexity index is 1180. The van der Waals surface area contributed by atoms with Crippen molar-refractivity contribution in [3.63, 3.8) is 0 Å². The Morgan fingerprint density at radius 3 is 2.29 bits per heavy atom. The second-order valence-corrected chi connectivity index (χ2v) is 9.24. The monoisotopic (exact) mass is 455 g/mol. The number of ether oxygens (including phenoxy) is 1. The van der Waals surface area contributed by atoms with Gasteiger partial charge in [0.15, 0.2) is 0 Å². The molecule has 4 aromatic rings. The quantitative estimate of drug-likeness (QED) is 0.427. The zero-order valence-electron chi connectivity index (χ0n) is 19.8. The third-order valence-corrected chi connectivity index (χ3v) is 6.79. The summed E-state index contributed by atoms with van der Waals surface area (Å²) in [4.78, 5) is 4.72. The topological polar surface area (TPSA) is 40.9 Å². The first-order valence-corrected chi connectivity index (χ1v) is 12.1. The fourth-order valence-electron chi connectivity index (χ4n) is 4.83. The molecule has 0 spiro atoms. The predicted molar refractivity (Wildman–Crippen MR) is 137 cm³/mol. The second-order valence-electron chi connectivity index (χ2n) is 9.24. The highest BCUT2D eigenvalue weighted by atomic mass is 16.5. The third-order valence-electron chi connectivity index (χ3n) is 6.79.